The van der Waals surface area contributed by atoms with Crippen molar-refractivity contribution in [2.45, 2.75) is 57.6 Å². The first kappa shape index (κ1) is 12.0. The number of nitrogens with two attached hydrogens (primary N) is 1. The first-order valence-corrected chi connectivity index (χ1v) is 6.34. The van der Waals surface area contributed by atoms with E-state index in [2.05, 4.69) is 6.07 Å². The van der Waals surface area contributed by atoms with Gasteiger partial charge in [0, 0.05) is 6.42 Å². The highest BCUT2D eigenvalue weighted by Gasteiger charge is 2.24. The maximum Gasteiger partial charge on any atom is 0.204 e. The van der Waals surface area contributed by atoms with E-state index in [1.54, 1.807) is 0 Å². The number of allylic oxidation sites excluding steroid dienone is 1. The van der Waals surface area contributed by atoms with Crippen LogP contribution in [0.1, 0.15) is 45.4 Å². The van der Waals surface area contributed by atoms with Crippen molar-refractivity contribution < 1.29 is 4.74 Å². The minimum Gasteiger partial charge on any atom is -0.475 e. The molecule has 1 unspecified atom stereocenters. The van der Waals surface area contributed by atoms with E-state index in [1.165, 1.54) is 19.3 Å². The third kappa shape index (κ3) is 2.79. The Hall–Kier alpha value is -1.50. The highest BCUT2D eigenvalue weighted by atomic mass is 16.5. The topological polar surface area (TPSA) is 71.4 Å². The van der Waals surface area contributed by atoms with Gasteiger partial charge in [-0.1, -0.05) is 19.3 Å². The van der Waals surface area contributed by atoms with Crippen molar-refractivity contribution in [2.24, 2.45) is 10.7 Å². The molecule has 2 N–H and O–H groups in total. The van der Waals surface area contributed by atoms with Gasteiger partial charge < -0.3 is 10.5 Å². The Labute approximate surface area is 102 Å². The third-order valence-corrected chi connectivity index (χ3v) is 3.37. The van der Waals surface area contributed by atoms with Gasteiger partial charge in [0.25, 0.3) is 0 Å². The monoisotopic (exact) mass is 233 g/mol. The van der Waals surface area contributed by atoms with E-state index in [9.17, 15) is 0 Å². The fourth-order valence-corrected chi connectivity index (χ4v) is 2.50. The van der Waals surface area contributed by atoms with Crippen molar-refractivity contribution in [1.82, 2.24) is 0 Å². The molecule has 0 aromatic rings. The lowest BCUT2D eigenvalue weighted by Crippen LogP contribution is -2.28. The van der Waals surface area contributed by atoms with Crippen molar-refractivity contribution in [3.63, 3.8) is 0 Å². The molecular formula is C13H19N3O. The lowest BCUT2D eigenvalue weighted by molar-refractivity contribution is 0.128. The van der Waals surface area contributed by atoms with Crippen LogP contribution in [0.25, 0.3) is 0 Å². The Bertz CT molecular complexity index is 386. The molecule has 2 rings (SSSR count). The van der Waals surface area contributed by atoms with E-state index in [0.29, 0.717) is 18.0 Å². The molecule has 1 atom stereocenters. The Morgan fingerprint density at radius 3 is 2.71 bits per heavy atom. The first-order chi connectivity index (χ1) is 8.20. The summed E-state index contributed by atoms with van der Waals surface area (Å²) in [5, 5.41) is 9.10. The van der Waals surface area contributed by atoms with Crippen LogP contribution in [0.3, 0.4) is 0 Å². The van der Waals surface area contributed by atoms with Gasteiger partial charge in [-0.3, -0.25) is 4.99 Å². The van der Waals surface area contributed by atoms with Gasteiger partial charge in [-0.15, -0.1) is 0 Å². The molecule has 0 radical (unpaired) electrons. The van der Waals surface area contributed by atoms with Gasteiger partial charge in [-0.05, 0) is 19.8 Å². The zero-order valence-corrected chi connectivity index (χ0v) is 10.3. The van der Waals surface area contributed by atoms with Crippen LogP contribution in [0.15, 0.2) is 16.4 Å². The lowest BCUT2D eigenvalue weighted by atomic mass is 9.95. The predicted octanol–water partition coefficient (Wildman–Crippen LogP) is 2.26. The average Bonchev–Trinajstić information content (AvgIpc) is 2.30. The number of rotatable bonds is 1. The zero-order chi connectivity index (χ0) is 12.3. The molecule has 4 nitrogen and oxygen atoms in total. The van der Waals surface area contributed by atoms with Gasteiger partial charge in [0.1, 0.15) is 17.7 Å². The smallest absolute Gasteiger partial charge is 0.204 e. The van der Waals surface area contributed by atoms with Gasteiger partial charge >= 0.3 is 0 Å². The molecule has 4 heteroatoms. The van der Waals surface area contributed by atoms with Crippen LogP contribution in [0, 0.1) is 11.3 Å². The Balaban J connectivity index is 2.20. The molecule has 0 bridgehead atoms. The minimum absolute atomic E-state index is 0.0226. The molecule has 1 fully saturated rings. The SMILES string of the molecule is CC1CC(=NC2CCCCC2)C(C#N)=C(N)O1. The van der Waals surface area contributed by atoms with Crippen molar-refractivity contribution in [2.75, 3.05) is 0 Å². The fraction of sp³-hybridized carbons (Fsp3) is 0.692. The van der Waals surface area contributed by atoms with E-state index < -0.39 is 0 Å². The first-order valence-electron chi connectivity index (χ1n) is 6.34. The summed E-state index contributed by atoms with van der Waals surface area (Å²) in [6.45, 7) is 1.96. The van der Waals surface area contributed by atoms with Crippen LogP contribution in [0.4, 0.5) is 0 Å². The maximum absolute atomic E-state index is 9.10. The lowest BCUT2D eigenvalue weighted by Gasteiger charge is -2.25. The molecule has 1 saturated carbocycles. The van der Waals surface area contributed by atoms with E-state index in [4.69, 9.17) is 20.7 Å². The van der Waals surface area contributed by atoms with Crippen LogP contribution in [0.2, 0.25) is 0 Å². The number of hydrogen-bond acceptors (Lipinski definition) is 4. The molecule has 0 spiro atoms. The summed E-state index contributed by atoms with van der Waals surface area (Å²) >= 11 is 0. The molecule has 2 aliphatic rings. The second-order valence-electron chi connectivity index (χ2n) is 4.85. The summed E-state index contributed by atoms with van der Waals surface area (Å²) in [7, 11) is 0. The summed E-state index contributed by atoms with van der Waals surface area (Å²) in [5.41, 5.74) is 7.01. The van der Waals surface area contributed by atoms with Crippen LogP contribution >= 0.6 is 0 Å². The molecule has 0 amide bonds. The fourth-order valence-electron chi connectivity index (χ4n) is 2.50. The summed E-state index contributed by atoms with van der Waals surface area (Å²) in [5.74, 6) is 0.237. The van der Waals surface area contributed by atoms with E-state index in [1.807, 2.05) is 6.92 Å². The van der Waals surface area contributed by atoms with Crippen LogP contribution in [-0.4, -0.2) is 17.9 Å². The van der Waals surface area contributed by atoms with Crippen LogP contribution in [-0.2, 0) is 4.74 Å². The summed E-state index contributed by atoms with van der Waals surface area (Å²) in [6, 6.07) is 2.49. The van der Waals surface area contributed by atoms with Crippen molar-refractivity contribution in [3.8, 4) is 6.07 Å². The molecule has 0 saturated heterocycles. The molecule has 1 aliphatic heterocycles. The largest absolute Gasteiger partial charge is 0.475 e. The van der Waals surface area contributed by atoms with Crippen LogP contribution < -0.4 is 5.73 Å². The Kier molecular flexibility index (Phi) is 3.68. The summed E-state index contributed by atoms with van der Waals surface area (Å²) in [6.07, 6.45) is 6.79. The standard InChI is InChI=1S/C13H19N3O/c1-9-7-12(11(8-14)13(15)17-9)16-10-5-3-2-4-6-10/h9-10H,2-7,15H2,1H3. The number of nitrogens with zero attached hydrogens (tertiary/aromatic N) is 2. The predicted molar refractivity (Wildman–Crippen MR) is 66.3 cm³/mol. The number of hydrogen-bond donors (Lipinski definition) is 1. The third-order valence-electron chi connectivity index (χ3n) is 3.37. The Morgan fingerprint density at radius 2 is 2.06 bits per heavy atom. The maximum atomic E-state index is 9.10. The zero-order valence-electron chi connectivity index (χ0n) is 10.3. The van der Waals surface area contributed by atoms with Gasteiger partial charge in [0.15, 0.2) is 0 Å². The molecule has 0 aromatic heterocycles. The molecule has 1 heterocycles. The Morgan fingerprint density at radius 1 is 1.35 bits per heavy atom. The van der Waals surface area contributed by atoms with Crippen LogP contribution in [0.5, 0.6) is 0 Å². The molecule has 17 heavy (non-hydrogen) atoms. The molecule has 0 aromatic carbocycles. The minimum atomic E-state index is 0.0226. The summed E-state index contributed by atoms with van der Waals surface area (Å²) in [4.78, 5) is 4.72. The average molecular weight is 233 g/mol. The highest BCUT2D eigenvalue weighted by Crippen LogP contribution is 2.24. The quantitative estimate of drug-likeness (QED) is 0.755. The second-order valence-corrected chi connectivity index (χ2v) is 4.85. The second kappa shape index (κ2) is 5.22. The summed E-state index contributed by atoms with van der Waals surface area (Å²) < 4.78 is 5.36. The highest BCUT2D eigenvalue weighted by molar-refractivity contribution is 6.04. The van der Waals surface area contributed by atoms with Gasteiger partial charge in [-0.2, -0.15) is 5.26 Å². The van der Waals surface area contributed by atoms with E-state index >= 15 is 0 Å². The van der Waals surface area contributed by atoms with Crippen molar-refractivity contribution in [1.29, 1.82) is 5.26 Å². The normalized spacial score (nSPS) is 28.9. The van der Waals surface area contributed by atoms with Crippen molar-refractivity contribution in [3.05, 3.63) is 11.5 Å². The van der Waals surface area contributed by atoms with Gasteiger partial charge in [0.05, 0.1) is 11.8 Å². The van der Waals surface area contributed by atoms with Gasteiger partial charge in [0.2, 0.25) is 5.88 Å². The molecule has 1 aliphatic carbocycles. The van der Waals surface area contributed by atoms with E-state index in [-0.39, 0.29) is 12.0 Å². The van der Waals surface area contributed by atoms with Gasteiger partial charge in [-0.25, -0.2) is 0 Å². The number of nitriles is 1. The van der Waals surface area contributed by atoms with Crippen molar-refractivity contribution >= 4 is 5.71 Å². The molecule has 92 valence electrons. The molecular weight excluding hydrogens is 214 g/mol. The number of ether oxygens (including phenoxy) is 1. The number of aliphatic imine (C=N–C) groups is 1. The van der Waals surface area contributed by atoms with E-state index in [0.717, 1.165) is 18.6 Å².